The summed E-state index contributed by atoms with van der Waals surface area (Å²) in [5.74, 6) is -1.79. The number of nitrogens with zero attached hydrogens (tertiary/aromatic N) is 1. The van der Waals surface area contributed by atoms with Crippen LogP contribution in [-0.2, 0) is 4.79 Å². The molecule has 1 aromatic carbocycles. The van der Waals surface area contributed by atoms with Crippen LogP contribution in [0.15, 0.2) is 24.3 Å². The molecule has 0 bridgehead atoms. The van der Waals surface area contributed by atoms with E-state index in [1.54, 1.807) is 12.1 Å². The van der Waals surface area contributed by atoms with Crippen LogP contribution in [0.2, 0.25) is 0 Å². The minimum Gasteiger partial charge on any atom is -0.481 e. The van der Waals surface area contributed by atoms with Gasteiger partial charge in [-0.15, -0.1) is 0 Å². The Kier molecular flexibility index (Phi) is 5.85. The van der Waals surface area contributed by atoms with E-state index in [9.17, 15) is 9.59 Å². The molecule has 0 aliphatic carbocycles. The van der Waals surface area contributed by atoms with Crippen molar-refractivity contribution in [3.05, 3.63) is 29.8 Å². The second-order valence-electron chi connectivity index (χ2n) is 4.34. The summed E-state index contributed by atoms with van der Waals surface area (Å²) in [6.07, 6.45) is 2.07. The van der Waals surface area contributed by atoms with Crippen molar-refractivity contribution >= 4 is 17.6 Å². The van der Waals surface area contributed by atoms with Crippen LogP contribution in [0.1, 0.15) is 36.5 Å². The molecule has 1 aromatic rings. The summed E-state index contributed by atoms with van der Waals surface area (Å²) in [4.78, 5) is 23.4. The Balaban J connectivity index is 2.77. The second kappa shape index (κ2) is 7.41. The molecule has 1 rings (SSSR count). The first kappa shape index (κ1) is 15.0. The number of hydrogen-bond acceptors (Lipinski definition) is 3. The molecule has 0 spiro atoms. The Morgan fingerprint density at radius 1 is 1.11 bits per heavy atom. The van der Waals surface area contributed by atoms with Crippen LogP contribution in [0.4, 0.5) is 5.69 Å². The number of carboxylic acids is 2. The number of unbranched alkanes of at least 4 members (excludes halogenated alkanes) is 1. The summed E-state index contributed by atoms with van der Waals surface area (Å²) in [7, 11) is 0. The molecule has 0 radical (unpaired) electrons. The van der Waals surface area contributed by atoms with Crippen molar-refractivity contribution in [3.63, 3.8) is 0 Å². The third-order valence-electron chi connectivity index (χ3n) is 2.86. The highest BCUT2D eigenvalue weighted by Crippen LogP contribution is 2.16. The highest BCUT2D eigenvalue weighted by molar-refractivity contribution is 5.88. The van der Waals surface area contributed by atoms with Crippen LogP contribution in [0, 0.1) is 0 Å². The van der Waals surface area contributed by atoms with E-state index < -0.39 is 11.9 Å². The molecule has 0 fully saturated rings. The molecule has 5 nitrogen and oxygen atoms in total. The van der Waals surface area contributed by atoms with Crippen molar-refractivity contribution in [1.82, 2.24) is 0 Å². The molecule has 19 heavy (non-hydrogen) atoms. The number of aliphatic carboxylic acids is 1. The zero-order valence-corrected chi connectivity index (χ0v) is 11.0. The van der Waals surface area contributed by atoms with Gasteiger partial charge in [-0.1, -0.05) is 13.3 Å². The molecule has 0 heterocycles. The van der Waals surface area contributed by atoms with Gasteiger partial charge in [0.2, 0.25) is 0 Å². The van der Waals surface area contributed by atoms with Crippen LogP contribution in [0.25, 0.3) is 0 Å². The standard InChI is InChI=1S/C14H19NO4/c1-2-3-9-15(10-8-13(16)17)12-6-4-11(5-7-12)14(18)19/h4-7H,2-3,8-10H2,1H3,(H,16,17)(H,18,19). The summed E-state index contributed by atoms with van der Waals surface area (Å²) < 4.78 is 0. The lowest BCUT2D eigenvalue weighted by Crippen LogP contribution is -2.27. The van der Waals surface area contributed by atoms with Gasteiger partial charge in [0.1, 0.15) is 0 Å². The van der Waals surface area contributed by atoms with Crippen molar-refractivity contribution in [2.45, 2.75) is 26.2 Å². The third kappa shape index (κ3) is 4.99. The first-order chi connectivity index (χ1) is 9.04. The summed E-state index contributed by atoms with van der Waals surface area (Å²) in [5, 5.41) is 17.6. The minimum absolute atomic E-state index is 0.0738. The Morgan fingerprint density at radius 3 is 2.21 bits per heavy atom. The molecule has 0 amide bonds. The number of rotatable bonds is 8. The molecule has 104 valence electrons. The topological polar surface area (TPSA) is 77.8 Å². The zero-order chi connectivity index (χ0) is 14.3. The maximum atomic E-state index is 10.8. The van der Waals surface area contributed by atoms with E-state index in [4.69, 9.17) is 10.2 Å². The van der Waals surface area contributed by atoms with E-state index in [1.165, 1.54) is 12.1 Å². The van der Waals surface area contributed by atoms with E-state index in [-0.39, 0.29) is 12.0 Å². The molecular formula is C14H19NO4. The van der Waals surface area contributed by atoms with Gasteiger partial charge in [-0.05, 0) is 30.7 Å². The van der Waals surface area contributed by atoms with E-state index in [0.29, 0.717) is 6.54 Å². The number of anilines is 1. The van der Waals surface area contributed by atoms with Crippen molar-refractivity contribution < 1.29 is 19.8 Å². The average Bonchev–Trinajstić information content (AvgIpc) is 2.39. The molecule has 0 aliphatic rings. The van der Waals surface area contributed by atoms with Crippen LogP contribution < -0.4 is 4.90 Å². The summed E-state index contributed by atoms with van der Waals surface area (Å²) in [6, 6.07) is 6.52. The van der Waals surface area contributed by atoms with Gasteiger partial charge in [0.15, 0.2) is 0 Å². The number of carbonyl (C=O) groups is 2. The Hall–Kier alpha value is -2.04. The van der Waals surface area contributed by atoms with Gasteiger partial charge in [-0.2, -0.15) is 0 Å². The molecule has 0 aromatic heterocycles. The van der Waals surface area contributed by atoms with Crippen LogP contribution in [-0.4, -0.2) is 35.2 Å². The van der Waals surface area contributed by atoms with E-state index in [1.807, 2.05) is 4.90 Å². The SMILES string of the molecule is CCCCN(CCC(=O)O)c1ccc(C(=O)O)cc1. The normalized spacial score (nSPS) is 10.2. The largest absolute Gasteiger partial charge is 0.481 e. The molecule has 0 aliphatic heterocycles. The monoisotopic (exact) mass is 265 g/mol. The van der Waals surface area contributed by atoms with E-state index in [2.05, 4.69) is 6.92 Å². The molecule has 0 unspecified atom stereocenters. The minimum atomic E-state index is -0.961. The smallest absolute Gasteiger partial charge is 0.335 e. The maximum absolute atomic E-state index is 10.8. The number of hydrogen-bond donors (Lipinski definition) is 2. The molecule has 0 saturated heterocycles. The Labute approximate surface area is 112 Å². The number of carboxylic acid groups (broad SMARTS) is 2. The van der Waals surface area contributed by atoms with Crippen molar-refractivity contribution in [1.29, 1.82) is 0 Å². The lowest BCUT2D eigenvalue weighted by Gasteiger charge is -2.24. The van der Waals surface area contributed by atoms with Crippen LogP contribution in [0.3, 0.4) is 0 Å². The molecule has 5 heteroatoms. The summed E-state index contributed by atoms with van der Waals surface area (Å²) in [5.41, 5.74) is 1.09. The van der Waals surface area contributed by atoms with Gasteiger partial charge in [0.25, 0.3) is 0 Å². The predicted octanol–water partition coefficient (Wildman–Crippen LogP) is 2.47. The molecule has 0 atom stereocenters. The molecular weight excluding hydrogens is 246 g/mol. The number of aromatic carboxylic acids is 1. The highest BCUT2D eigenvalue weighted by Gasteiger charge is 2.09. The van der Waals surface area contributed by atoms with Gasteiger partial charge < -0.3 is 15.1 Å². The zero-order valence-electron chi connectivity index (χ0n) is 11.0. The van der Waals surface area contributed by atoms with E-state index in [0.717, 1.165) is 25.1 Å². The van der Waals surface area contributed by atoms with Gasteiger partial charge in [0.05, 0.1) is 12.0 Å². The fourth-order valence-corrected chi connectivity index (χ4v) is 1.76. The van der Waals surface area contributed by atoms with E-state index >= 15 is 0 Å². The first-order valence-corrected chi connectivity index (χ1v) is 6.34. The Morgan fingerprint density at radius 2 is 1.74 bits per heavy atom. The Bertz CT molecular complexity index is 428. The van der Waals surface area contributed by atoms with Crippen molar-refractivity contribution in [3.8, 4) is 0 Å². The van der Waals surface area contributed by atoms with Crippen LogP contribution >= 0.6 is 0 Å². The highest BCUT2D eigenvalue weighted by atomic mass is 16.4. The lowest BCUT2D eigenvalue weighted by atomic mass is 10.2. The van der Waals surface area contributed by atoms with Crippen molar-refractivity contribution in [2.75, 3.05) is 18.0 Å². The number of benzene rings is 1. The van der Waals surface area contributed by atoms with Crippen LogP contribution in [0.5, 0.6) is 0 Å². The lowest BCUT2D eigenvalue weighted by molar-refractivity contribution is -0.136. The summed E-state index contributed by atoms with van der Waals surface area (Å²) >= 11 is 0. The second-order valence-corrected chi connectivity index (χ2v) is 4.34. The quantitative estimate of drug-likeness (QED) is 0.755. The third-order valence-corrected chi connectivity index (χ3v) is 2.86. The fourth-order valence-electron chi connectivity index (χ4n) is 1.76. The predicted molar refractivity (Wildman–Crippen MR) is 72.8 cm³/mol. The summed E-state index contributed by atoms with van der Waals surface area (Å²) in [6.45, 7) is 3.28. The molecule has 0 saturated carbocycles. The fraction of sp³-hybridized carbons (Fsp3) is 0.429. The van der Waals surface area contributed by atoms with Gasteiger partial charge >= 0.3 is 11.9 Å². The maximum Gasteiger partial charge on any atom is 0.335 e. The van der Waals surface area contributed by atoms with Gasteiger partial charge in [0, 0.05) is 18.8 Å². The molecule has 2 N–H and O–H groups in total. The van der Waals surface area contributed by atoms with Gasteiger partial charge in [-0.3, -0.25) is 4.79 Å². The van der Waals surface area contributed by atoms with Crippen molar-refractivity contribution in [2.24, 2.45) is 0 Å². The average molecular weight is 265 g/mol. The first-order valence-electron chi connectivity index (χ1n) is 6.34. The van der Waals surface area contributed by atoms with Gasteiger partial charge in [-0.25, -0.2) is 4.79 Å².